The molecule has 0 aromatic rings. The number of carbonyl (C=O) groups is 3. The van der Waals surface area contributed by atoms with Gasteiger partial charge in [-0.2, -0.15) is 0 Å². The lowest BCUT2D eigenvalue weighted by atomic mass is 9.94. The van der Waals surface area contributed by atoms with Crippen molar-refractivity contribution in [3.05, 3.63) is 0 Å². The Bertz CT molecular complexity index is 488. The van der Waals surface area contributed by atoms with E-state index in [-0.39, 0.29) is 24.4 Å². The van der Waals surface area contributed by atoms with Gasteiger partial charge in [0.2, 0.25) is 5.91 Å². The lowest BCUT2D eigenvalue weighted by Gasteiger charge is -2.32. The van der Waals surface area contributed by atoms with Crippen LogP contribution in [0.1, 0.15) is 46.0 Å². The van der Waals surface area contributed by atoms with Crippen molar-refractivity contribution in [2.45, 2.75) is 46.0 Å². The van der Waals surface area contributed by atoms with Crippen LogP contribution in [-0.2, 0) is 9.59 Å². The van der Waals surface area contributed by atoms with Crippen LogP contribution >= 0.6 is 0 Å². The van der Waals surface area contributed by atoms with Crippen molar-refractivity contribution in [1.82, 2.24) is 15.5 Å². The summed E-state index contributed by atoms with van der Waals surface area (Å²) >= 11 is 0. The van der Waals surface area contributed by atoms with Gasteiger partial charge in [0.15, 0.2) is 0 Å². The fourth-order valence-electron chi connectivity index (χ4n) is 3.04. The van der Waals surface area contributed by atoms with E-state index < -0.39 is 11.4 Å². The number of nitrogens with one attached hydrogen (secondary N) is 2. The number of carbonyl (C=O) groups excluding carboxylic acids is 2. The van der Waals surface area contributed by atoms with Crippen LogP contribution in [0.4, 0.5) is 4.79 Å². The summed E-state index contributed by atoms with van der Waals surface area (Å²) in [6.07, 6.45) is 3.44. The summed E-state index contributed by atoms with van der Waals surface area (Å²) in [5.41, 5.74) is -0.731. The zero-order valence-electron chi connectivity index (χ0n) is 14.6. The van der Waals surface area contributed by atoms with Gasteiger partial charge in [-0.05, 0) is 37.5 Å². The van der Waals surface area contributed by atoms with Gasteiger partial charge in [-0.1, -0.05) is 13.8 Å². The first-order chi connectivity index (χ1) is 11.3. The number of likely N-dealkylation sites (tertiary alicyclic amines) is 1. The van der Waals surface area contributed by atoms with E-state index in [0.29, 0.717) is 38.3 Å². The fourth-order valence-corrected chi connectivity index (χ4v) is 3.04. The summed E-state index contributed by atoms with van der Waals surface area (Å²) in [5.74, 6) is -0.391. The first-order valence-corrected chi connectivity index (χ1v) is 8.85. The Hall–Kier alpha value is -1.79. The number of carboxylic acids is 1. The summed E-state index contributed by atoms with van der Waals surface area (Å²) in [5, 5.41) is 14.8. The van der Waals surface area contributed by atoms with E-state index in [1.54, 1.807) is 4.90 Å². The Kier molecular flexibility index (Phi) is 6.07. The zero-order chi connectivity index (χ0) is 17.7. The number of piperidine rings is 1. The summed E-state index contributed by atoms with van der Waals surface area (Å²) < 4.78 is 0. The molecule has 1 heterocycles. The second-order valence-corrected chi connectivity index (χ2v) is 7.60. The molecule has 2 rings (SSSR count). The smallest absolute Gasteiger partial charge is 0.317 e. The fraction of sp³-hybridized carbons (Fsp3) is 0.824. The molecule has 0 radical (unpaired) electrons. The van der Waals surface area contributed by atoms with Gasteiger partial charge in [-0.15, -0.1) is 0 Å². The SMILES string of the molecule is CC(C)CNC(=O)N1CCCC(CC(=O)NCC2(C(=O)O)CC2)C1. The molecule has 0 aromatic heterocycles. The van der Waals surface area contributed by atoms with Gasteiger partial charge in [0, 0.05) is 32.6 Å². The second kappa shape index (κ2) is 7.85. The van der Waals surface area contributed by atoms with E-state index in [1.807, 2.05) is 13.8 Å². The number of hydrogen-bond acceptors (Lipinski definition) is 3. The molecule has 7 heteroatoms. The Morgan fingerprint density at radius 2 is 1.96 bits per heavy atom. The highest BCUT2D eigenvalue weighted by Gasteiger charge is 2.50. The van der Waals surface area contributed by atoms with Crippen molar-refractivity contribution in [1.29, 1.82) is 0 Å². The Morgan fingerprint density at radius 3 is 2.54 bits per heavy atom. The third-order valence-electron chi connectivity index (χ3n) is 4.87. The van der Waals surface area contributed by atoms with Crippen LogP contribution in [-0.4, -0.2) is 54.1 Å². The van der Waals surface area contributed by atoms with Gasteiger partial charge in [0.05, 0.1) is 5.41 Å². The number of rotatable bonds is 7. The summed E-state index contributed by atoms with van der Waals surface area (Å²) in [6.45, 7) is 6.27. The average Bonchev–Trinajstić information content (AvgIpc) is 3.32. The molecule has 1 aliphatic heterocycles. The van der Waals surface area contributed by atoms with E-state index in [1.165, 1.54) is 0 Å². The molecule has 0 spiro atoms. The maximum Gasteiger partial charge on any atom is 0.317 e. The van der Waals surface area contributed by atoms with Gasteiger partial charge in [0.1, 0.15) is 0 Å². The van der Waals surface area contributed by atoms with E-state index in [0.717, 1.165) is 19.4 Å². The minimum absolute atomic E-state index is 0.0587. The molecule has 1 saturated heterocycles. The van der Waals surface area contributed by atoms with Crippen molar-refractivity contribution in [3.8, 4) is 0 Å². The highest BCUT2D eigenvalue weighted by atomic mass is 16.4. The van der Waals surface area contributed by atoms with Gasteiger partial charge in [0.25, 0.3) is 0 Å². The normalized spacial score (nSPS) is 22.1. The first kappa shape index (κ1) is 18.5. The third-order valence-corrected chi connectivity index (χ3v) is 4.87. The molecule has 1 saturated carbocycles. The monoisotopic (exact) mass is 339 g/mol. The molecule has 2 fully saturated rings. The van der Waals surface area contributed by atoms with Crippen molar-refractivity contribution >= 4 is 17.9 Å². The average molecular weight is 339 g/mol. The van der Waals surface area contributed by atoms with E-state index >= 15 is 0 Å². The van der Waals surface area contributed by atoms with Gasteiger partial charge < -0.3 is 20.6 Å². The van der Waals surface area contributed by atoms with Crippen LogP contribution in [0, 0.1) is 17.3 Å². The maximum absolute atomic E-state index is 12.1. The molecule has 0 bridgehead atoms. The predicted molar refractivity (Wildman–Crippen MR) is 89.5 cm³/mol. The summed E-state index contributed by atoms with van der Waals surface area (Å²) in [6, 6.07) is -0.0587. The number of urea groups is 1. The standard InChI is InChI=1S/C17H29N3O4/c1-12(2)9-18-16(24)20-7-3-4-13(10-20)8-14(21)19-11-17(5-6-17)15(22)23/h12-13H,3-11H2,1-2H3,(H,18,24)(H,19,21)(H,22,23). The molecule has 0 aromatic carbocycles. The maximum atomic E-state index is 12.1. The number of carboxylic acid groups (broad SMARTS) is 1. The van der Waals surface area contributed by atoms with E-state index in [4.69, 9.17) is 5.11 Å². The number of hydrogen-bond donors (Lipinski definition) is 3. The summed E-state index contributed by atoms with van der Waals surface area (Å²) in [7, 11) is 0. The van der Waals surface area contributed by atoms with E-state index in [9.17, 15) is 14.4 Å². The molecule has 3 N–H and O–H groups in total. The van der Waals surface area contributed by atoms with Crippen molar-refractivity contribution in [3.63, 3.8) is 0 Å². The first-order valence-electron chi connectivity index (χ1n) is 8.85. The second-order valence-electron chi connectivity index (χ2n) is 7.60. The topological polar surface area (TPSA) is 98.7 Å². The molecule has 3 amide bonds. The predicted octanol–water partition coefficient (Wildman–Crippen LogP) is 1.44. The molecular formula is C17H29N3O4. The highest BCUT2D eigenvalue weighted by molar-refractivity contribution is 5.81. The van der Waals surface area contributed by atoms with Crippen molar-refractivity contribution in [2.75, 3.05) is 26.2 Å². The lowest BCUT2D eigenvalue weighted by Crippen LogP contribution is -2.47. The largest absolute Gasteiger partial charge is 0.481 e. The summed E-state index contributed by atoms with van der Waals surface area (Å²) in [4.78, 5) is 37.1. The van der Waals surface area contributed by atoms with Crippen molar-refractivity contribution in [2.24, 2.45) is 17.3 Å². The molecule has 1 atom stereocenters. The van der Waals surface area contributed by atoms with Crippen LogP contribution in [0.3, 0.4) is 0 Å². The van der Waals surface area contributed by atoms with Crippen LogP contribution in [0.2, 0.25) is 0 Å². The van der Waals surface area contributed by atoms with Crippen LogP contribution in [0.25, 0.3) is 0 Å². The van der Waals surface area contributed by atoms with Gasteiger partial charge >= 0.3 is 12.0 Å². The molecule has 1 unspecified atom stereocenters. The molecule has 136 valence electrons. The van der Waals surface area contributed by atoms with E-state index in [2.05, 4.69) is 10.6 Å². The Balaban J connectivity index is 1.73. The van der Waals surface area contributed by atoms with Crippen LogP contribution in [0.5, 0.6) is 0 Å². The highest BCUT2D eigenvalue weighted by Crippen LogP contribution is 2.45. The van der Waals surface area contributed by atoms with Gasteiger partial charge in [-0.3, -0.25) is 9.59 Å². The third kappa shape index (κ3) is 5.11. The van der Waals surface area contributed by atoms with Gasteiger partial charge in [-0.25, -0.2) is 4.79 Å². The minimum Gasteiger partial charge on any atom is -0.481 e. The molecular weight excluding hydrogens is 310 g/mol. The zero-order valence-corrected chi connectivity index (χ0v) is 14.6. The molecule has 2 aliphatic rings. The Labute approximate surface area is 143 Å². The Morgan fingerprint density at radius 1 is 1.25 bits per heavy atom. The number of amides is 3. The van der Waals surface area contributed by atoms with Crippen molar-refractivity contribution < 1.29 is 19.5 Å². The molecule has 7 nitrogen and oxygen atoms in total. The minimum atomic E-state index is -0.825. The quantitative estimate of drug-likeness (QED) is 0.653. The lowest BCUT2D eigenvalue weighted by molar-refractivity contribution is -0.143. The number of nitrogens with zero attached hydrogens (tertiary/aromatic N) is 1. The van der Waals surface area contributed by atoms with Crippen LogP contribution in [0.15, 0.2) is 0 Å². The molecule has 24 heavy (non-hydrogen) atoms. The van der Waals surface area contributed by atoms with Crippen LogP contribution < -0.4 is 10.6 Å². The molecule has 1 aliphatic carbocycles. The number of aliphatic carboxylic acids is 1.